The van der Waals surface area contributed by atoms with E-state index in [1.54, 1.807) is 5.38 Å². The smallest absolute Gasteiger partial charge is 0.202 e. The number of rotatable bonds is 5. The largest absolute Gasteiger partial charge is 0.509 e. The van der Waals surface area contributed by atoms with Gasteiger partial charge in [0.2, 0.25) is 5.75 Å². The fraction of sp³-hybridized carbons (Fsp3) is 0.0870. The monoisotopic (exact) mass is 736 g/mol. The lowest BCUT2D eigenvalue weighted by Gasteiger charge is -2.17. The molecule has 1 aromatic heterocycles. The molecule has 0 fully saturated rings. The standard InChI is InChI=1S/C40H30O4S.C4H8O3.C2H2/c1-24(41)34-23-45-40-36(34)35(37(42)38(43)39(40)44)33-18-8-3-2-7-15-30(31-16-9-10-17-32(31)33)29-19-11-14-27-22-26(20-21-28(27)29)25-12-5-4-6-13-25;1-3(6)4(7)2-5;1-2/h2-14,16-17,19-23,41-44H,1,15,18H2;5-7H,2H2,1H3;1-2H/b7-2-,8-3-,31-30+,33-32+;4-3-;. The van der Waals surface area contributed by atoms with Gasteiger partial charge in [-0.25, -0.2) is 0 Å². The highest BCUT2D eigenvalue weighted by Gasteiger charge is 2.26. The Labute approximate surface area is 317 Å². The Morgan fingerprint density at radius 1 is 0.722 bits per heavy atom. The van der Waals surface area contributed by atoms with Crippen LogP contribution >= 0.6 is 11.3 Å². The molecule has 0 radical (unpaired) electrons. The Hall–Kier alpha value is -6.66. The zero-order valence-corrected chi connectivity index (χ0v) is 30.4. The number of fused-ring (bicyclic) bond motifs is 3. The first kappa shape index (κ1) is 38.6. The summed E-state index contributed by atoms with van der Waals surface area (Å²) in [4.78, 5) is 0. The number of terminal acetylenes is 1. The van der Waals surface area contributed by atoms with Gasteiger partial charge in [-0.05, 0) is 74.9 Å². The van der Waals surface area contributed by atoms with Crippen molar-refractivity contribution in [3.63, 3.8) is 0 Å². The highest BCUT2D eigenvalue weighted by Crippen LogP contribution is 2.51. The molecule has 7 N–H and O–H groups in total. The number of aliphatic hydroxyl groups excluding tert-OH is 4. The molecule has 272 valence electrons. The molecule has 0 aliphatic heterocycles. The normalized spacial score (nSPS) is 16.1. The maximum absolute atomic E-state index is 11.4. The van der Waals surface area contributed by atoms with Crippen LogP contribution in [0.2, 0.25) is 0 Å². The first-order chi connectivity index (χ1) is 26.1. The summed E-state index contributed by atoms with van der Waals surface area (Å²) >= 11 is 1.18. The van der Waals surface area contributed by atoms with Gasteiger partial charge in [0.15, 0.2) is 17.3 Å². The van der Waals surface area contributed by atoms with Gasteiger partial charge in [-0.1, -0.05) is 116 Å². The summed E-state index contributed by atoms with van der Waals surface area (Å²) in [5.74, 6) is -2.24. The highest BCUT2D eigenvalue weighted by atomic mass is 32.1. The van der Waals surface area contributed by atoms with Crippen molar-refractivity contribution >= 4 is 49.1 Å². The molecule has 54 heavy (non-hydrogen) atoms. The van der Waals surface area contributed by atoms with Gasteiger partial charge in [0.1, 0.15) is 18.1 Å². The predicted molar refractivity (Wildman–Crippen MR) is 221 cm³/mol. The quantitative estimate of drug-likeness (QED) is 0.0532. The van der Waals surface area contributed by atoms with Crippen molar-refractivity contribution in [1.82, 2.24) is 0 Å². The molecule has 0 amide bonds. The second-order valence-electron chi connectivity index (χ2n) is 12.3. The number of phenolic OH excluding ortho intramolecular Hbond substituents is 3. The molecule has 0 atom stereocenters. The van der Waals surface area contributed by atoms with E-state index in [2.05, 4.69) is 80.1 Å². The zero-order valence-electron chi connectivity index (χ0n) is 29.6. The first-order valence-electron chi connectivity index (χ1n) is 16.9. The fourth-order valence-corrected chi connectivity index (χ4v) is 7.49. The molecule has 0 unspecified atom stereocenters. The van der Waals surface area contributed by atoms with Crippen LogP contribution < -0.4 is 10.4 Å². The number of allylic oxidation sites excluding steroid dienone is 5. The molecule has 0 saturated carbocycles. The number of hydrogen-bond donors (Lipinski definition) is 7. The number of aromatic hydroxyl groups is 3. The molecule has 7 nitrogen and oxygen atoms in total. The van der Waals surface area contributed by atoms with Crippen LogP contribution in [0.15, 0.2) is 139 Å². The topological polar surface area (TPSA) is 142 Å². The zero-order chi connectivity index (χ0) is 38.9. The van der Waals surface area contributed by atoms with Crippen molar-refractivity contribution < 1.29 is 35.7 Å². The van der Waals surface area contributed by atoms with Gasteiger partial charge < -0.3 is 35.7 Å². The average molecular weight is 737 g/mol. The van der Waals surface area contributed by atoms with Gasteiger partial charge in [0, 0.05) is 21.9 Å². The molecular formula is C46H40O7S. The summed E-state index contributed by atoms with van der Waals surface area (Å²) in [5, 5.41) is 74.5. The number of thiophene rings is 1. The van der Waals surface area contributed by atoms with Gasteiger partial charge in [-0.15, -0.1) is 24.2 Å². The third-order valence-corrected chi connectivity index (χ3v) is 10.0. The van der Waals surface area contributed by atoms with Crippen molar-refractivity contribution in [1.29, 1.82) is 0 Å². The van der Waals surface area contributed by atoms with Crippen molar-refractivity contribution in [2.24, 2.45) is 0 Å². The van der Waals surface area contributed by atoms with Crippen LogP contribution in [-0.4, -0.2) is 42.4 Å². The summed E-state index contributed by atoms with van der Waals surface area (Å²) in [5.41, 5.74) is 6.05. The van der Waals surface area contributed by atoms with E-state index in [9.17, 15) is 20.4 Å². The van der Waals surface area contributed by atoms with Crippen molar-refractivity contribution in [2.75, 3.05) is 6.61 Å². The van der Waals surface area contributed by atoms with Crippen LogP contribution in [0.25, 0.3) is 48.9 Å². The SMILES string of the molecule is C#C.C/C(O)=C(/O)CO.C=C(O)c1csc2c(O)c(O)c(O)c(/C3=c4\cccc\c4=C(/c4cccc5cc(-c6ccccc6)ccc45)C/C=C\C=C/C3)c12. The molecule has 6 aromatic rings. The van der Waals surface area contributed by atoms with Crippen LogP contribution in [-0.2, 0) is 0 Å². The molecule has 1 heterocycles. The minimum absolute atomic E-state index is 0.183. The lowest BCUT2D eigenvalue weighted by molar-refractivity contribution is 0.228. The second kappa shape index (κ2) is 17.2. The molecule has 1 aliphatic rings. The van der Waals surface area contributed by atoms with Crippen LogP contribution in [0, 0.1) is 12.8 Å². The average Bonchev–Trinajstić information content (AvgIpc) is 3.65. The summed E-state index contributed by atoms with van der Waals surface area (Å²) in [7, 11) is 0. The van der Waals surface area contributed by atoms with Crippen molar-refractivity contribution in [3.8, 4) is 41.2 Å². The minimum atomic E-state index is -0.590. The summed E-state index contributed by atoms with van der Waals surface area (Å²) in [6.45, 7) is 4.53. The van der Waals surface area contributed by atoms with Gasteiger partial charge >= 0.3 is 0 Å². The number of aliphatic hydroxyl groups is 4. The van der Waals surface area contributed by atoms with E-state index in [1.807, 2.05) is 54.6 Å². The van der Waals surface area contributed by atoms with E-state index in [1.165, 1.54) is 18.3 Å². The van der Waals surface area contributed by atoms with Gasteiger partial charge in [-0.3, -0.25) is 0 Å². The molecular weight excluding hydrogens is 697 g/mol. The van der Waals surface area contributed by atoms with Crippen molar-refractivity contribution in [2.45, 2.75) is 19.8 Å². The molecule has 1 aliphatic carbocycles. The Kier molecular flexibility index (Phi) is 12.3. The Morgan fingerprint density at radius 2 is 1.35 bits per heavy atom. The van der Waals surface area contributed by atoms with E-state index in [0.29, 0.717) is 34.1 Å². The molecule has 0 bridgehead atoms. The first-order valence-corrected chi connectivity index (χ1v) is 17.8. The predicted octanol–water partition coefficient (Wildman–Crippen LogP) is 9.25. The van der Waals surface area contributed by atoms with E-state index in [0.717, 1.165) is 49.0 Å². The Bertz CT molecular complexity index is 2580. The van der Waals surface area contributed by atoms with E-state index in [4.69, 9.17) is 15.3 Å². The van der Waals surface area contributed by atoms with Gasteiger partial charge in [0.05, 0.1) is 4.70 Å². The lowest BCUT2D eigenvalue weighted by atomic mass is 9.88. The van der Waals surface area contributed by atoms with E-state index >= 15 is 0 Å². The third-order valence-electron chi connectivity index (χ3n) is 9.04. The van der Waals surface area contributed by atoms with Gasteiger partial charge in [0.25, 0.3) is 0 Å². The van der Waals surface area contributed by atoms with Gasteiger partial charge in [-0.2, -0.15) is 0 Å². The number of phenols is 3. The van der Waals surface area contributed by atoms with E-state index in [-0.39, 0.29) is 17.3 Å². The van der Waals surface area contributed by atoms with E-state index < -0.39 is 23.9 Å². The molecule has 7 rings (SSSR count). The lowest BCUT2D eigenvalue weighted by Crippen LogP contribution is -2.30. The molecule has 5 aromatic carbocycles. The molecule has 0 spiro atoms. The summed E-state index contributed by atoms with van der Waals surface area (Å²) in [6.07, 6.45) is 17.2. The number of benzene rings is 5. The maximum Gasteiger partial charge on any atom is 0.202 e. The Balaban J connectivity index is 0.000000562. The van der Waals surface area contributed by atoms with Crippen molar-refractivity contribution in [3.05, 3.63) is 166 Å². The second-order valence-corrected chi connectivity index (χ2v) is 13.2. The van der Waals surface area contributed by atoms with Crippen LogP contribution in [0.1, 0.15) is 36.5 Å². The maximum atomic E-state index is 11.4. The Morgan fingerprint density at radius 3 is 1.96 bits per heavy atom. The van der Waals surface area contributed by atoms with Crippen LogP contribution in [0.3, 0.4) is 0 Å². The van der Waals surface area contributed by atoms with Crippen LogP contribution in [0.5, 0.6) is 17.2 Å². The number of hydrogen-bond acceptors (Lipinski definition) is 8. The minimum Gasteiger partial charge on any atom is -0.509 e. The fourth-order valence-electron chi connectivity index (χ4n) is 6.46. The molecule has 8 heteroatoms. The highest BCUT2D eigenvalue weighted by molar-refractivity contribution is 7.18. The molecule has 0 saturated heterocycles. The summed E-state index contributed by atoms with van der Waals surface area (Å²) in [6, 6.07) is 31.4. The summed E-state index contributed by atoms with van der Waals surface area (Å²) < 4.78 is 0.365. The third kappa shape index (κ3) is 7.74. The van der Waals surface area contributed by atoms with Crippen LogP contribution in [0.4, 0.5) is 0 Å².